The second kappa shape index (κ2) is 11.8. The van der Waals surface area contributed by atoms with Crippen LogP contribution in [0.4, 0.5) is 0 Å². The summed E-state index contributed by atoms with van der Waals surface area (Å²) < 4.78 is 0. The molecule has 0 aliphatic heterocycles. The Balaban J connectivity index is 2.18. The minimum Gasteiger partial charge on any atom is -0.0625 e. The lowest BCUT2D eigenvalue weighted by atomic mass is 9.92. The van der Waals surface area contributed by atoms with Crippen LogP contribution in [0.5, 0.6) is 0 Å². The maximum atomic E-state index is 2.47. The third-order valence-electron chi connectivity index (χ3n) is 5.04. The van der Waals surface area contributed by atoms with E-state index in [1.165, 1.54) is 96.3 Å². The van der Waals surface area contributed by atoms with E-state index in [1.807, 2.05) is 0 Å². The summed E-state index contributed by atoms with van der Waals surface area (Å²) in [4.78, 5) is 0. The molecule has 1 fully saturated rings. The first-order chi connectivity index (χ1) is 9.29. The molecule has 0 heterocycles. The van der Waals surface area contributed by atoms with Crippen LogP contribution < -0.4 is 0 Å². The van der Waals surface area contributed by atoms with E-state index in [0.717, 1.165) is 11.8 Å². The second-order valence-electron chi connectivity index (χ2n) is 7.25. The van der Waals surface area contributed by atoms with Crippen molar-refractivity contribution in [3.8, 4) is 0 Å². The minimum atomic E-state index is 0.975. The van der Waals surface area contributed by atoms with E-state index in [-0.39, 0.29) is 0 Å². The molecule has 0 radical (unpaired) electrons. The monoisotopic (exact) mass is 266 g/mol. The van der Waals surface area contributed by atoms with Gasteiger partial charge in [0.1, 0.15) is 0 Å². The van der Waals surface area contributed by atoms with E-state index < -0.39 is 0 Å². The van der Waals surface area contributed by atoms with Crippen LogP contribution in [0, 0.1) is 11.8 Å². The second-order valence-corrected chi connectivity index (χ2v) is 7.25. The van der Waals surface area contributed by atoms with Gasteiger partial charge >= 0.3 is 0 Å². The van der Waals surface area contributed by atoms with Crippen LogP contribution in [0.25, 0.3) is 0 Å². The predicted molar refractivity (Wildman–Crippen MR) is 87.6 cm³/mol. The van der Waals surface area contributed by atoms with E-state index >= 15 is 0 Å². The molecule has 1 aliphatic rings. The van der Waals surface area contributed by atoms with Gasteiger partial charge in [-0.2, -0.15) is 0 Å². The Kier molecular flexibility index (Phi) is 10.6. The molecule has 19 heavy (non-hydrogen) atoms. The van der Waals surface area contributed by atoms with Gasteiger partial charge in [0.2, 0.25) is 0 Å². The third-order valence-corrected chi connectivity index (χ3v) is 5.04. The molecular formula is C19H38. The lowest BCUT2D eigenvalue weighted by Crippen LogP contribution is -1.99. The van der Waals surface area contributed by atoms with Crippen molar-refractivity contribution in [1.82, 2.24) is 0 Å². The molecule has 1 saturated carbocycles. The van der Waals surface area contributed by atoms with Gasteiger partial charge in [0.25, 0.3) is 0 Å². The highest BCUT2D eigenvalue weighted by atomic mass is 14.1. The lowest BCUT2D eigenvalue weighted by Gasteiger charge is -2.14. The van der Waals surface area contributed by atoms with Crippen molar-refractivity contribution in [2.24, 2.45) is 11.8 Å². The average Bonchev–Trinajstić information content (AvgIpc) is 2.39. The van der Waals surface area contributed by atoms with Crippen LogP contribution in [0.3, 0.4) is 0 Å². The van der Waals surface area contributed by atoms with Gasteiger partial charge in [-0.05, 0) is 11.8 Å². The zero-order valence-electron chi connectivity index (χ0n) is 13.8. The zero-order valence-corrected chi connectivity index (χ0v) is 13.8. The molecule has 0 saturated heterocycles. The van der Waals surface area contributed by atoms with Crippen LogP contribution >= 0.6 is 0 Å². The quantitative estimate of drug-likeness (QED) is 0.437. The summed E-state index contributed by atoms with van der Waals surface area (Å²) in [6.07, 6.45) is 22.3. The summed E-state index contributed by atoms with van der Waals surface area (Å²) in [7, 11) is 0. The maximum absolute atomic E-state index is 2.47. The smallest absolute Gasteiger partial charge is 0.0443 e. The van der Waals surface area contributed by atoms with Crippen LogP contribution in [-0.2, 0) is 0 Å². The highest BCUT2D eigenvalue weighted by Gasteiger charge is 2.06. The van der Waals surface area contributed by atoms with Gasteiger partial charge in [0.05, 0.1) is 0 Å². The van der Waals surface area contributed by atoms with Crippen molar-refractivity contribution < 1.29 is 0 Å². The van der Waals surface area contributed by atoms with Crippen molar-refractivity contribution in [2.45, 2.75) is 110 Å². The molecule has 114 valence electrons. The van der Waals surface area contributed by atoms with Crippen LogP contribution in [0.15, 0.2) is 0 Å². The Hall–Kier alpha value is 0. The molecule has 0 aromatic carbocycles. The molecule has 0 bridgehead atoms. The number of rotatable bonds is 0. The highest BCUT2D eigenvalue weighted by molar-refractivity contribution is 4.59. The summed E-state index contributed by atoms with van der Waals surface area (Å²) in [5.74, 6) is 1.95. The molecule has 2 unspecified atom stereocenters. The van der Waals surface area contributed by atoms with Gasteiger partial charge in [-0.1, -0.05) is 110 Å². The van der Waals surface area contributed by atoms with Crippen LogP contribution in [0.2, 0.25) is 0 Å². The molecule has 0 aromatic rings. The van der Waals surface area contributed by atoms with Crippen molar-refractivity contribution in [2.75, 3.05) is 0 Å². The number of hydrogen-bond donors (Lipinski definition) is 0. The molecule has 0 heteroatoms. The number of hydrogen-bond acceptors (Lipinski definition) is 0. The molecule has 0 aromatic heterocycles. The van der Waals surface area contributed by atoms with E-state index in [0.29, 0.717) is 0 Å². The minimum absolute atomic E-state index is 0.975. The van der Waals surface area contributed by atoms with Crippen molar-refractivity contribution in [3.63, 3.8) is 0 Å². The molecular weight excluding hydrogens is 228 g/mol. The third kappa shape index (κ3) is 10.4. The van der Waals surface area contributed by atoms with E-state index in [2.05, 4.69) is 13.8 Å². The Morgan fingerprint density at radius 3 is 1.00 bits per heavy atom. The van der Waals surface area contributed by atoms with Crippen LogP contribution in [-0.4, -0.2) is 0 Å². The van der Waals surface area contributed by atoms with Gasteiger partial charge in [0, 0.05) is 0 Å². The first-order valence-electron chi connectivity index (χ1n) is 9.29. The highest BCUT2D eigenvalue weighted by Crippen LogP contribution is 2.22. The van der Waals surface area contributed by atoms with Gasteiger partial charge in [-0.3, -0.25) is 0 Å². The fraction of sp³-hybridized carbons (Fsp3) is 1.00. The van der Waals surface area contributed by atoms with Gasteiger partial charge < -0.3 is 0 Å². The van der Waals surface area contributed by atoms with Crippen molar-refractivity contribution in [3.05, 3.63) is 0 Å². The van der Waals surface area contributed by atoms with E-state index in [9.17, 15) is 0 Å². The Morgan fingerprint density at radius 1 is 0.368 bits per heavy atom. The maximum Gasteiger partial charge on any atom is -0.0443 e. The SMILES string of the molecule is CC1CCCCCCCCCCCCC(C)CCC1. The Labute approximate surface area is 122 Å². The zero-order chi connectivity index (χ0) is 13.8. The van der Waals surface area contributed by atoms with Crippen molar-refractivity contribution in [1.29, 1.82) is 0 Å². The fourth-order valence-corrected chi connectivity index (χ4v) is 3.50. The van der Waals surface area contributed by atoms with E-state index in [4.69, 9.17) is 0 Å². The first kappa shape index (κ1) is 17.1. The Bertz CT molecular complexity index is 164. The summed E-state index contributed by atoms with van der Waals surface area (Å²) in [5, 5.41) is 0. The molecule has 0 spiro atoms. The van der Waals surface area contributed by atoms with Gasteiger partial charge in [-0.15, -0.1) is 0 Å². The molecule has 0 nitrogen and oxygen atoms in total. The van der Waals surface area contributed by atoms with Crippen LogP contribution in [0.1, 0.15) is 110 Å². The normalized spacial score (nSPS) is 30.6. The molecule has 1 rings (SSSR count). The van der Waals surface area contributed by atoms with Crippen molar-refractivity contribution >= 4 is 0 Å². The van der Waals surface area contributed by atoms with Gasteiger partial charge in [-0.25, -0.2) is 0 Å². The molecule has 1 aliphatic carbocycles. The average molecular weight is 267 g/mol. The largest absolute Gasteiger partial charge is 0.0625 e. The fourth-order valence-electron chi connectivity index (χ4n) is 3.50. The molecule has 0 amide bonds. The summed E-state index contributed by atoms with van der Waals surface area (Å²) in [5.41, 5.74) is 0. The summed E-state index contributed by atoms with van der Waals surface area (Å²) in [6, 6.07) is 0. The lowest BCUT2D eigenvalue weighted by molar-refractivity contribution is 0.393. The molecule has 0 N–H and O–H groups in total. The van der Waals surface area contributed by atoms with Gasteiger partial charge in [0.15, 0.2) is 0 Å². The predicted octanol–water partition coefficient (Wildman–Crippen LogP) is 7.12. The first-order valence-corrected chi connectivity index (χ1v) is 9.29. The summed E-state index contributed by atoms with van der Waals surface area (Å²) in [6.45, 7) is 4.94. The Morgan fingerprint density at radius 2 is 0.632 bits per heavy atom. The standard InChI is InChI=1S/C19H38/c1-18-14-11-9-7-5-3-4-6-8-10-12-15-19(2)17-13-16-18/h18-19H,3-17H2,1-2H3. The molecule has 2 atom stereocenters. The topological polar surface area (TPSA) is 0 Å². The summed E-state index contributed by atoms with van der Waals surface area (Å²) >= 11 is 0. The van der Waals surface area contributed by atoms with E-state index in [1.54, 1.807) is 0 Å².